The van der Waals surface area contributed by atoms with Crippen LogP contribution in [0.4, 0.5) is 4.79 Å². The van der Waals surface area contributed by atoms with E-state index in [0.717, 1.165) is 11.3 Å². The molecule has 0 unspecified atom stereocenters. The van der Waals surface area contributed by atoms with Crippen molar-refractivity contribution in [3.05, 3.63) is 66.0 Å². The zero-order valence-corrected chi connectivity index (χ0v) is 12.3. The Morgan fingerprint density at radius 3 is 2.50 bits per heavy atom. The monoisotopic (exact) mass is 299 g/mol. The SMILES string of the molecule is CNC(=O)NC(=O)[C@@H]([NH2+]Cc1ccccn1)c1ccccc1. The molecule has 2 rings (SSSR count). The molecule has 1 aromatic heterocycles. The molecule has 1 heterocycles. The first kappa shape index (κ1) is 15.7. The zero-order valence-electron chi connectivity index (χ0n) is 12.3. The number of nitrogens with zero attached hydrogens (tertiary/aromatic N) is 1. The quantitative estimate of drug-likeness (QED) is 0.744. The third kappa shape index (κ3) is 4.39. The van der Waals surface area contributed by atoms with Crippen LogP contribution in [0, 0.1) is 0 Å². The van der Waals surface area contributed by atoms with Crippen LogP contribution in [0.15, 0.2) is 54.7 Å². The van der Waals surface area contributed by atoms with Crippen molar-refractivity contribution >= 4 is 11.9 Å². The number of rotatable bonds is 5. The topological polar surface area (TPSA) is 87.7 Å². The Hall–Kier alpha value is -2.73. The van der Waals surface area contributed by atoms with Crippen LogP contribution < -0.4 is 16.0 Å². The van der Waals surface area contributed by atoms with E-state index in [1.54, 1.807) is 6.20 Å². The maximum Gasteiger partial charge on any atom is 0.321 e. The molecule has 22 heavy (non-hydrogen) atoms. The lowest BCUT2D eigenvalue weighted by Gasteiger charge is -2.15. The first-order chi connectivity index (χ1) is 10.7. The molecule has 4 N–H and O–H groups in total. The minimum Gasteiger partial charge on any atom is -0.341 e. The Morgan fingerprint density at radius 2 is 1.86 bits per heavy atom. The summed E-state index contributed by atoms with van der Waals surface area (Å²) in [5, 5.41) is 6.56. The van der Waals surface area contributed by atoms with E-state index in [9.17, 15) is 9.59 Å². The van der Waals surface area contributed by atoms with Gasteiger partial charge < -0.3 is 10.6 Å². The zero-order chi connectivity index (χ0) is 15.8. The average molecular weight is 299 g/mol. The second-order valence-electron chi connectivity index (χ2n) is 4.72. The van der Waals surface area contributed by atoms with Crippen molar-refractivity contribution in [2.24, 2.45) is 0 Å². The lowest BCUT2D eigenvalue weighted by Crippen LogP contribution is -2.86. The minimum atomic E-state index is -0.517. The van der Waals surface area contributed by atoms with E-state index in [-0.39, 0.29) is 5.91 Å². The van der Waals surface area contributed by atoms with Gasteiger partial charge in [0.25, 0.3) is 5.91 Å². The molecule has 1 aromatic carbocycles. The first-order valence-electron chi connectivity index (χ1n) is 7.01. The van der Waals surface area contributed by atoms with Crippen LogP contribution in [0.25, 0.3) is 0 Å². The van der Waals surface area contributed by atoms with Crippen LogP contribution in [-0.4, -0.2) is 24.0 Å². The van der Waals surface area contributed by atoms with E-state index in [1.165, 1.54) is 7.05 Å². The number of imide groups is 1. The third-order valence-corrected chi connectivity index (χ3v) is 3.19. The molecule has 0 fully saturated rings. The third-order valence-electron chi connectivity index (χ3n) is 3.19. The minimum absolute atomic E-state index is 0.360. The van der Waals surface area contributed by atoms with Crippen LogP contribution in [0.5, 0.6) is 0 Å². The fraction of sp³-hybridized carbons (Fsp3) is 0.188. The van der Waals surface area contributed by atoms with Crippen molar-refractivity contribution in [1.29, 1.82) is 0 Å². The molecule has 0 saturated carbocycles. The van der Waals surface area contributed by atoms with Gasteiger partial charge in [0.05, 0.1) is 5.69 Å². The summed E-state index contributed by atoms with van der Waals surface area (Å²) in [5.74, 6) is -0.360. The van der Waals surface area contributed by atoms with E-state index in [4.69, 9.17) is 0 Å². The molecule has 3 amide bonds. The second kappa shape index (κ2) is 7.90. The number of urea groups is 1. The number of hydrogen-bond donors (Lipinski definition) is 3. The van der Waals surface area contributed by atoms with Crippen molar-refractivity contribution < 1.29 is 14.9 Å². The second-order valence-corrected chi connectivity index (χ2v) is 4.72. The molecule has 6 heteroatoms. The molecule has 0 spiro atoms. The number of nitrogens with two attached hydrogens (primary N) is 1. The highest BCUT2D eigenvalue weighted by Crippen LogP contribution is 2.08. The van der Waals surface area contributed by atoms with E-state index in [1.807, 2.05) is 53.8 Å². The Morgan fingerprint density at radius 1 is 1.14 bits per heavy atom. The van der Waals surface area contributed by atoms with Crippen LogP contribution in [0.2, 0.25) is 0 Å². The maximum atomic E-state index is 12.3. The summed E-state index contributed by atoms with van der Waals surface area (Å²) in [7, 11) is 1.47. The summed E-state index contributed by atoms with van der Waals surface area (Å²) in [6, 6.07) is 14.0. The number of hydrogen-bond acceptors (Lipinski definition) is 3. The Labute approximate surface area is 129 Å². The van der Waals surface area contributed by atoms with Gasteiger partial charge in [-0.1, -0.05) is 36.4 Å². The van der Waals surface area contributed by atoms with Gasteiger partial charge in [0.1, 0.15) is 6.54 Å². The standard InChI is InChI=1S/C16H18N4O2/c1-17-16(22)20-15(21)14(12-7-3-2-4-8-12)19-11-13-9-5-6-10-18-13/h2-10,14,19H,11H2,1H3,(H2,17,20,21,22)/p+1/t14-/m0/s1. The molecule has 1 atom stereocenters. The van der Waals surface area contributed by atoms with E-state index < -0.39 is 12.1 Å². The summed E-state index contributed by atoms with van der Waals surface area (Å²) >= 11 is 0. The number of nitrogens with one attached hydrogen (secondary N) is 2. The Bertz CT molecular complexity index is 617. The summed E-state index contributed by atoms with van der Waals surface area (Å²) in [6.07, 6.45) is 1.71. The summed E-state index contributed by atoms with van der Waals surface area (Å²) in [6.45, 7) is 0.543. The first-order valence-corrected chi connectivity index (χ1v) is 7.01. The van der Waals surface area contributed by atoms with E-state index in [0.29, 0.717) is 6.54 Å². The highest BCUT2D eigenvalue weighted by Gasteiger charge is 2.25. The fourth-order valence-electron chi connectivity index (χ4n) is 2.06. The number of pyridine rings is 1. The van der Waals surface area contributed by atoms with Crippen LogP contribution in [-0.2, 0) is 11.3 Å². The molecule has 0 radical (unpaired) electrons. The van der Waals surface area contributed by atoms with Crippen molar-refractivity contribution in [3.8, 4) is 0 Å². The predicted molar refractivity (Wildman–Crippen MR) is 81.6 cm³/mol. The summed E-state index contributed by atoms with van der Waals surface area (Å²) in [5.41, 5.74) is 1.70. The van der Waals surface area contributed by atoms with Crippen molar-refractivity contribution in [3.63, 3.8) is 0 Å². The number of amides is 3. The fourth-order valence-corrected chi connectivity index (χ4v) is 2.06. The molecule has 6 nitrogen and oxygen atoms in total. The molecule has 0 bridgehead atoms. The highest BCUT2D eigenvalue weighted by atomic mass is 16.2. The number of carbonyl (C=O) groups is 2. The molecular formula is C16H19N4O2+. The van der Waals surface area contributed by atoms with Gasteiger partial charge in [0, 0.05) is 18.8 Å². The van der Waals surface area contributed by atoms with Gasteiger partial charge in [-0.05, 0) is 12.1 Å². The average Bonchev–Trinajstić information content (AvgIpc) is 2.57. The maximum absolute atomic E-state index is 12.3. The number of quaternary nitrogens is 1. The molecule has 2 aromatic rings. The highest BCUT2D eigenvalue weighted by molar-refractivity contribution is 5.96. The van der Waals surface area contributed by atoms with Crippen molar-refractivity contribution in [1.82, 2.24) is 15.6 Å². The smallest absolute Gasteiger partial charge is 0.321 e. The molecule has 0 aliphatic heterocycles. The molecule has 0 saturated heterocycles. The molecule has 0 aliphatic carbocycles. The Balaban J connectivity index is 2.11. The predicted octanol–water partition coefficient (Wildman–Crippen LogP) is 0.342. The van der Waals surface area contributed by atoms with Crippen LogP contribution in [0.3, 0.4) is 0 Å². The largest absolute Gasteiger partial charge is 0.341 e. The van der Waals surface area contributed by atoms with E-state index in [2.05, 4.69) is 15.6 Å². The normalized spacial score (nSPS) is 11.5. The van der Waals surface area contributed by atoms with Crippen molar-refractivity contribution in [2.45, 2.75) is 12.6 Å². The molecule has 0 aliphatic rings. The van der Waals surface area contributed by atoms with Gasteiger partial charge in [0.15, 0.2) is 6.04 Å². The summed E-state index contributed by atoms with van der Waals surface area (Å²) < 4.78 is 0. The Kier molecular flexibility index (Phi) is 5.62. The van der Waals surface area contributed by atoms with Gasteiger partial charge >= 0.3 is 6.03 Å². The molecule has 114 valence electrons. The van der Waals surface area contributed by atoms with Crippen molar-refractivity contribution in [2.75, 3.05) is 7.05 Å². The lowest BCUT2D eigenvalue weighted by molar-refractivity contribution is -0.698. The van der Waals surface area contributed by atoms with Crippen LogP contribution >= 0.6 is 0 Å². The van der Waals surface area contributed by atoms with Gasteiger partial charge in [-0.15, -0.1) is 0 Å². The number of aromatic nitrogens is 1. The number of benzene rings is 1. The summed E-state index contributed by atoms with van der Waals surface area (Å²) in [4.78, 5) is 27.9. The van der Waals surface area contributed by atoms with Gasteiger partial charge in [-0.3, -0.25) is 15.1 Å². The van der Waals surface area contributed by atoms with Gasteiger partial charge in [0.2, 0.25) is 0 Å². The lowest BCUT2D eigenvalue weighted by atomic mass is 10.1. The number of carbonyl (C=O) groups excluding carboxylic acids is 2. The van der Waals surface area contributed by atoms with E-state index >= 15 is 0 Å². The molecular weight excluding hydrogens is 280 g/mol. The van der Waals surface area contributed by atoms with Crippen LogP contribution in [0.1, 0.15) is 17.3 Å². The van der Waals surface area contributed by atoms with Gasteiger partial charge in [-0.25, -0.2) is 4.79 Å². The van der Waals surface area contributed by atoms with Gasteiger partial charge in [-0.2, -0.15) is 0 Å².